The quantitative estimate of drug-likeness (QED) is 0.753. The minimum Gasteiger partial charge on any atom is -0.414 e. The lowest BCUT2D eigenvalue weighted by molar-refractivity contribution is -0.122. The van der Waals surface area contributed by atoms with E-state index >= 15 is 0 Å². The van der Waals surface area contributed by atoms with E-state index in [1.807, 2.05) is 37.3 Å². The van der Waals surface area contributed by atoms with Crippen LogP contribution < -0.4 is 0 Å². The number of hydrogen-bond donors (Lipinski definition) is 1. The Morgan fingerprint density at radius 3 is 2.23 bits per heavy atom. The van der Waals surface area contributed by atoms with Crippen molar-refractivity contribution in [3.8, 4) is 0 Å². The molecule has 1 aromatic carbocycles. The Morgan fingerprint density at radius 1 is 1.18 bits per heavy atom. The summed E-state index contributed by atoms with van der Waals surface area (Å²) in [4.78, 5) is 12.1. The first kappa shape index (κ1) is 19.1. The van der Waals surface area contributed by atoms with E-state index in [-0.39, 0.29) is 23.3 Å². The maximum absolute atomic E-state index is 12.1. The van der Waals surface area contributed by atoms with Crippen molar-refractivity contribution in [2.45, 2.75) is 70.9 Å². The molecule has 1 N–H and O–H groups in total. The van der Waals surface area contributed by atoms with Crippen LogP contribution >= 0.6 is 0 Å². The summed E-state index contributed by atoms with van der Waals surface area (Å²) in [6.07, 6.45) is -0.323. The van der Waals surface area contributed by atoms with Gasteiger partial charge in [0.2, 0.25) is 0 Å². The molecule has 0 aliphatic carbocycles. The van der Waals surface area contributed by atoms with Crippen LogP contribution in [0.4, 0.5) is 0 Å². The molecule has 3 nitrogen and oxygen atoms in total. The lowest BCUT2D eigenvalue weighted by atomic mass is 10.0. The predicted molar refractivity (Wildman–Crippen MR) is 93.4 cm³/mol. The van der Waals surface area contributed by atoms with Gasteiger partial charge in [-0.05, 0) is 30.6 Å². The maximum Gasteiger partial charge on any atom is 0.192 e. The Labute approximate surface area is 135 Å². The van der Waals surface area contributed by atoms with E-state index in [0.717, 1.165) is 5.56 Å². The third kappa shape index (κ3) is 5.67. The zero-order valence-electron chi connectivity index (χ0n) is 14.7. The van der Waals surface area contributed by atoms with E-state index in [1.54, 1.807) is 0 Å². The summed E-state index contributed by atoms with van der Waals surface area (Å²) in [6.45, 7) is 12.9. The second-order valence-corrected chi connectivity index (χ2v) is 12.3. The average Bonchev–Trinajstić information content (AvgIpc) is 2.37. The minimum atomic E-state index is -1.85. The van der Waals surface area contributed by atoms with E-state index in [0.29, 0.717) is 6.42 Å². The topological polar surface area (TPSA) is 46.5 Å². The van der Waals surface area contributed by atoms with Crippen LogP contribution in [0.25, 0.3) is 0 Å². The zero-order chi connectivity index (χ0) is 17.0. The van der Waals surface area contributed by atoms with Crippen LogP contribution in [0, 0.1) is 0 Å². The summed E-state index contributed by atoms with van der Waals surface area (Å²) < 4.78 is 6.20. The van der Waals surface area contributed by atoms with Crippen molar-refractivity contribution in [3.63, 3.8) is 0 Å². The van der Waals surface area contributed by atoms with Crippen LogP contribution in [0.2, 0.25) is 18.1 Å². The van der Waals surface area contributed by atoms with Crippen LogP contribution in [0.5, 0.6) is 0 Å². The van der Waals surface area contributed by atoms with Gasteiger partial charge < -0.3 is 9.53 Å². The van der Waals surface area contributed by atoms with Crippen molar-refractivity contribution < 1.29 is 14.3 Å². The molecule has 0 bridgehead atoms. The van der Waals surface area contributed by atoms with Gasteiger partial charge in [-0.15, -0.1) is 0 Å². The molecule has 22 heavy (non-hydrogen) atoms. The van der Waals surface area contributed by atoms with Crippen LogP contribution in [0.15, 0.2) is 30.3 Å². The predicted octanol–water partition coefficient (Wildman–Crippen LogP) is 4.48. The van der Waals surface area contributed by atoms with Crippen molar-refractivity contribution >= 4 is 14.1 Å². The van der Waals surface area contributed by atoms with E-state index < -0.39 is 14.4 Å². The second kappa shape index (κ2) is 7.53. The Kier molecular flexibility index (Phi) is 6.53. The van der Waals surface area contributed by atoms with Gasteiger partial charge in [0.05, 0.1) is 6.10 Å². The van der Waals surface area contributed by atoms with Gasteiger partial charge in [0.1, 0.15) is 5.78 Å². The van der Waals surface area contributed by atoms with Crippen molar-refractivity contribution in [1.82, 2.24) is 0 Å². The Bertz CT molecular complexity index is 477. The molecular formula is C18H30O3Si. The Hall–Kier alpha value is -0.973. The highest BCUT2D eigenvalue weighted by molar-refractivity contribution is 6.74. The monoisotopic (exact) mass is 322 g/mol. The standard InChI is InChI=1S/C18H30O3Si/c1-14(21-22(5,6)18(2,3)4)12-16(19)13-17(20)15-10-8-7-9-11-15/h7-11,14,17,20H,12-13H2,1-6H3/t14-,17-/m1/s1. The maximum atomic E-state index is 12.1. The third-order valence-electron chi connectivity index (χ3n) is 4.42. The first-order chi connectivity index (χ1) is 10.0. The molecule has 0 saturated heterocycles. The van der Waals surface area contributed by atoms with Crippen molar-refractivity contribution in [2.24, 2.45) is 0 Å². The molecule has 0 radical (unpaired) electrons. The Balaban J connectivity index is 2.51. The van der Waals surface area contributed by atoms with Gasteiger partial charge >= 0.3 is 0 Å². The molecule has 4 heteroatoms. The number of carbonyl (C=O) groups excluding carboxylic acids is 1. The molecule has 0 amide bonds. The molecule has 0 fully saturated rings. The highest BCUT2D eigenvalue weighted by Crippen LogP contribution is 2.37. The molecule has 124 valence electrons. The molecule has 0 spiro atoms. The second-order valence-electron chi connectivity index (χ2n) is 7.56. The van der Waals surface area contributed by atoms with Crippen molar-refractivity contribution in [1.29, 1.82) is 0 Å². The number of Topliss-reactive ketones (excluding diaryl/α,β-unsaturated/α-hetero) is 1. The van der Waals surface area contributed by atoms with E-state index in [9.17, 15) is 9.90 Å². The summed E-state index contributed by atoms with van der Waals surface area (Å²) in [5.74, 6) is 0.0440. The molecular weight excluding hydrogens is 292 g/mol. The summed E-state index contributed by atoms with van der Waals surface area (Å²) >= 11 is 0. The van der Waals surface area contributed by atoms with E-state index in [4.69, 9.17) is 4.43 Å². The third-order valence-corrected chi connectivity index (χ3v) is 9.03. The van der Waals surface area contributed by atoms with Gasteiger partial charge in [-0.2, -0.15) is 0 Å². The van der Waals surface area contributed by atoms with Crippen molar-refractivity contribution in [2.75, 3.05) is 0 Å². The van der Waals surface area contributed by atoms with E-state index in [2.05, 4.69) is 33.9 Å². The van der Waals surface area contributed by atoms with E-state index in [1.165, 1.54) is 0 Å². The summed E-state index contributed by atoms with van der Waals surface area (Å²) in [5.41, 5.74) is 0.786. The summed E-state index contributed by atoms with van der Waals surface area (Å²) in [5, 5.41) is 10.2. The average molecular weight is 323 g/mol. The first-order valence-corrected chi connectivity index (χ1v) is 10.9. The summed E-state index contributed by atoms with van der Waals surface area (Å²) in [7, 11) is -1.85. The van der Waals surface area contributed by atoms with Gasteiger partial charge in [0, 0.05) is 18.9 Å². The van der Waals surface area contributed by atoms with Crippen LogP contribution in [0.1, 0.15) is 52.2 Å². The number of rotatable bonds is 7. The molecule has 0 aliphatic heterocycles. The van der Waals surface area contributed by atoms with Crippen LogP contribution in [-0.4, -0.2) is 25.3 Å². The highest BCUT2D eigenvalue weighted by atomic mass is 28.4. The summed E-state index contributed by atoms with van der Waals surface area (Å²) in [6, 6.07) is 9.31. The zero-order valence-corrected chi connectivity index (χ0v) is 15.7. The molecule has 0 aromatic heterocycles. The number of benzene rings is 1. The molecule has 0 unspecified atom stereocenters. The van der Waals surface area contributed by atoms with Crippen molar-refractivity contribution in [3.05, 3.63) is 35.9 Å². The van der Waals surface area contributed by atoms with Gasteiger partial charge in [-0.1, -0.05) is 51.1 Å². The molecule has 1 rings (SSSR count). The fourth-order valence-electron chi connectivity index (χ4n) is 2.13. The number of hydrogen-bond acceptors (Lipinski definition) is 3. The SMILES string of the molecule is C[C@H](CC(=O)C[C@@H](O)c1ccccc1)O[Si](C)(C)C(C)(C)C. The minimum absolute atomic E-state index is 0.0440. The number of carbonyl (C=O) groups is 1. The van der Waals surface area contributed by atoms with Gasteiger partial charge in [0.25, 0.3) is 0 Å². The number of aliphatic hydroxyl groups excluding tert-OH is 1. The molecule has 0 saturated carbocycles. The molecule has 1 aromatic rings. The smallest absolute Gasteiger partial charge is 0.192 e. The number of aliphatic hydroxyl groups is 1. The molecule has 0 aliphatic rings. The first-order valence-electron chi connectivity index (χ1n) is 7.95. The van der Waals surface area contributed by atoms with Gasteiger partial charge in [-0.25, -0.2) is 0 Å². The Morgan fingerprint density at radius 2 is 1.73 bits per heavy atom. The highest BCUT2D eigenvalue weighted by Gasteiger charge is 2.38. The van der Waals surface area contributed by atoms with Gasteiger partial charge in [0.15, 0.2) is 8.32 Å². The fraction of sp³-hybridized carbons (Fsp3) is 0.611. The lowest BCUT2D eigenvalue weighted by Gasteiger charge is -2.38. The van der Waals surface area contributed by atoms with Crippen LogP contribution in [-0.2, 0) is 9.22 Å². The fourth-order valence-corrected chi connectivity index (χ4v) is 3.58. The molecule has 2 atom stereocenters. The lowest BCUT2D eigenvalue weighted by Crippen LogP contribution is -2.43. The number of ketones is 1. The largest absolute Gasteiger partial charge is 0.414 e. The normalized spacial score (nSPS) is 15.4. The van der Waals surface area contributed by atoms with Gasteiger partial charge in [-0.3, -0.25) is 4.79 Å². The van der Waals surface area contributed by atoms with Crippen LogP contribution in [0.3, 0.4) is 0 Å². The molecule has 0 heterocycles.